The van der Waals surface area contributed by atoms with Gasteiger partial charge in [0.15, 0.2) is 0 Å². The first-order valence-corrected chi connectivity index (χ1v) is 6.82. The summed E-state index contributed by atoms with van der Waals surface area (Å²) >= 11 is 11.4. The van der Waals surface area contributed by atoms with E-state index in [1.807, 2.05) is 0 Å². The van der Waals surface area contributed by atoms with Gasteiger partial charge >= 0.3 is 5.97 Å². The molecule has 1 aromatic rings. The lowest BCUT2D eigenvalue weighted by molar-refractivity contribution is -0.139. The fourth-order valence-corrected chi connectivity index (χ4v) is 2.31. The van der Waals surface area contributed by atoms with Crippen molar-refractivity contribution in [3.8, 4) is 0 Å². The van der Waals surface area contributed by atoms with Crippen LogP contribution in [0.25, 0.3) is 0 Å². The van der Waals surface area contributed by atoms with Gasteiger partial charge in [-0.1, -0.05) is 36.0 Å². The molecular formula is C13H12Cl2FNO3. The maximum atomic E-state index is 13.3. The van der Waals surface area contributed by atoms with Crippen LogP contribution in [0.4, 0.5) is 4.39 Å². The Labute approximate surface area is 124 Å². The van der Waals surface area contributed by atoms with Gasteiger partial charge in [0.25, 0.3) is 5.91 Å². The quantitative estimate of drug-likeness (QED) is 0.819. The summed E-state index contributed by atoms with van der Waals surface area (Å²) in [5.41, 5.74) is -0.129. The highest BCUT2D eigenvalue weighted by atomic mass is 35.5. The first-order valence-electron chi connectivity index (χ1n) is 6.06. The van der Waals surface area contributed by atoms with Crippen molar-refractivity contribution < 1.29 is 19.1 Å². The SMILES string of the molecule is O=C(NC(CC1CC1)C(=O)O)c1cc(F)c(Cl)cc1Cl. The van der Waals surface area contributed by atoms with Crippen molar-refractivity contribution in [2.24, 2.45) is 5.92 Å². The minimum atomic E-state index is -1.11. The molecule has 0 saturated heterocycles. The van der Waals surface area contributed by atoms with E-state index in [0.717, 1.165) is 25.0 Å². The molecule has 0 radical (unpaired) electrons. The topological polar surface area (TPSA) is 66.4 Å². The van der Waals surface area contributed by atoms with Gasteiger partial charge in [0, 0.05) is 0 Å². The van der Waals surface area contributed by atoms with Gasteiger partial charge in [0.05, 0.1) is 15.6 Å². The van der Waals surface area contributed by atoms with Gasteiger partial charge < -0.3 is 10.4 Å². The fourth-order valence-electron chi connectivity index (χ4n) is 1.84. The third-order valence-corrected chi connectivity index (χ3v) is 3.73. The number of hydrogen-bond donors (Lipinski definition) is 2. The number of carbonyl (C=O) groups excluding carboxylic acids is 1. The van der Waals surface area contributed by atoms with Crippen LogP contribution >= 0.6 is 23.2 Å². The molecule has 1 aliphatic carbocycles. The number of carboxylic acid groups (broad SMARTS) is 1. The number of nitrogens with one attached hydrogen (secondary N) is 1. The standard InChI is InChI=1S/C13H12Cl2FNO3/c14-8-5-9(15)10(16)4-7(8)12(18)17-11(13(19)20)3-6-1-2-6/h4-6,11H,1-3H2,(H,17,18)(H,19,20). The Hall–Kier alpha value is -1.33. The van der Waals surface area contributed by atoms with Crippen LogP contribution in [-0.4, -0.2) is 23.0 Å². The Morgan fingerprint density at radius 3 is 2.55 bits per heavy atom. The molecule has 7 heteroatoms. The maximum absolute atomic E-state index is 13.3. The average Bonchev–Trinajstić information content (AvgIpc) is 3.16. The summed E-state index contributed by atoms with van der Waals surface area (Å²) in [6.45, 7) is 0. The first-order chi connectivity index (χ1) is 9.38. The Balaban J connectivity index is 2.13. The van der Waals surface area contributed by atoms with Crippen molar-refractivity contribution in [1.82, 2.24) is 5.32 Å². The van der Waals surface area contributed by atoms with E-state index in [9.17, 15) is 14.0 Å². The largest absolute Gasteiger partial charge is 0.480 e. The van der Waals surface area contributed by atoms with Gasteiger partial charge in [-0.2, -0.15) is 0 Å². The van der Waals surface area contributed by atoms with E-state index in [1.165, 1.54) is 0 Å². The molecule has 1 aliphatic rings. The van der Waals surface area contributed by atoms with Gasteiger partial charge in [-0.05, 0) is 24.5 Å². The van der Waals surface area contributed by atoms with Crippen molar-refractivity contribution >= 4 is 35.1 Å². The lowest BCUT2D eigenvalue weighted by Crippen LogP contribution is -2.41. The van der Waals surface area contributed by atoms with Crippen LogP contribution in [0.15, 0.2) is 12.1 Å². The zero-order chi connectivity index (χ0) is 14.9. The smallest absolute Gasteiger partial charge is 0.326 e. The molecule has 0 aliphatic heterocycles. The Bertz CT molecular complexity index is 561. The molecule has 1 amide bonds. The Kier molecular flexibility index (Phi) is 4.50. The summed E-state index contributed by atoms with van der Waals surface area (Å²) in [4.78, 5) is 23.1. The number of aliphatic carboxylic acids is 1. The van der Waals surface area contributed by atoms with Gasteiger partial charge in [-0.15, -0.1) is 0 Å². The molecule has 0 spiro atoms. The number of halogens is 3. The second kappa shape index (κ2) is 5.97. The Morgan fingerprint density at radius 1 is 1.35 bits per heavy atom. The van der Waals surface area contributed by atoms with Crippen LogP contribution in [0.2, 0.25) is 10.0 Å². The molecule has 1 unspecified atom stereocenters. The second-order valence-corrected chi connectivity index (χ2v) is 5.60. The van der Waals surface area contributed by atoms with E-state index in [1.54, 1.807) is 0 Å². The number of carbonyl (C=O) groups is 2. The van der Waals surface area contributed by atoms with E-state index in [2.05, 4.69) is 5.32 Å². The van der Waals surface area contributed by atoms with Crippen molar-refractivity contribution in [3.63, 3.8) is 0 Å². The number of carboxylic acids is 1. The molecule has 0 aromatic heterocycles. The average molecular weight is 320 g/mol. The molecule has 0 heterocycles. The predicted octanol–water partition coefficient (Wildman–Crippen LogP) is 3.12. The maximum Gasteiger partial charge on any atom is 0.326 e. The van der Waals surface area contributed by atoms with E-state index in [4.69, 9.17) is 28.3 Å². The summed E-state index contributed by atoms with van der Waals surface area (Å²) in [6.07, 6.45) is 2.31. The summed E-state index contributed by atoms with van der Waals surface area (Å²) in [7, 11) is 0. The summed E-state index contributed by atoms with van der Waals surface area (Å²) < 4.78 is 13.3. The minimum Gasteiger partial charge on any atom is -0.480 e. The molecule has 20 heavy (non-hydrogen) atoms. The molecular weight excluding hydrogens is 308 g/mol. The lowest BCUT2D eigenvalue weighted by atomic mass is 10.1. The van der Waals surface area contributed by atoms with E-state index >= 15 is 0 Å². The zero-order valence-electron chi connectivity index (χ0n) is 10.3. The molecule has 2 N–H and O–H groups in total. The van der Waals surface area contributed by atoms with Crippen molar-refractivity contribution in [3.05, 3.63) is 33.6 Å². The third-order valence-electron chi connectivity index (χ3n) is 3.12. The number of benzene rings is 1. The van der Waals surface area contributed by atoms with Crippen LogP contribution in [-0.2, 0) is 4.79 Å². The first kappa shape index (κ1) is 15.1. The lowest BCUT2D eigenvalue weighted by Gasteiger charge is -2.15. The van der Waals surface area contributed by atoms with Crippen molar-refractivity contribution in [2.45, 2.75) is 25.3 Å². The molecule has 0 bridgehead atoms. The van der Waals surface area contributed by atoms with Crippen molar-refractivity contribution in [1.29, 1.82) is 0 Å². The van der Waals surface area contributed by atoms with Crippen LogP contribution < -0.4 is 5.32 Å². The predicted molar refractivity (Wildman–Crippen MR) is 72.7 cm³/mol. The van der Waals surface area contributed by atoms with Crippen LogP contribution in [0, 0.1) is 11.7 Å². The monoisotopic (exact) mass is 319 g/mol. The van der Waals surface area contributed by atoms with Gasteiger partial charge in [-0.25, -0.2) is 9.18 Å². The summed E-state index contributed by atoms with van der Waals surface area (Å²) in [5, 5.41) is 11.2. The Morgan fingerprint density at radius 2 is 2.00 bits per heavy atom. The van der Waals surface area contributed by atoms with E-state index in [-0.39, 0.29) is 15.6 Å². The third kappa shape index (κ3) is 3.61. The fraction of sp³-hybridized carbons (Fsp3) is 0.385. The van der Waals surface area contributed by atoms with Crippen LogP contribution in [0.3, 0.4) is 0 Å². The molecule has 1 aromatic carbocycles. The normalized spacial score (nSPS) is 15.8. The van der Waals surface area contributed by atoms with Crippen LogP contribution in [0.5, 0.6) is 0 Å². The van der Waals surface area contributed by atoms with Gasteiger partial charge in [0.1, 0.15) is 11.9 Å². The molecule has 1 fully saturated rings. The van der Waals surface area contributed by atoms with Gasteiger partial charge in [-0.3, -0.25) is 4.79 Å². The number of amides is 1. The highest BCUT2D eigenvalue weighted by molar-refractivity contribution is 6.36. The summed E-state index contributed by atoms with van der Waals surface area (Å²) in [5.74, 6) is -2.29. The van der Waals surface area contributed by atoms with Gasteiger partial charge in [0.2, 0.25) is 0 Å². The minimum absolute atomic E-state index is 0.0236. The summed E-state index contributed by atoms with van der Waals surface area (Å²) in [6, 6.07) is 1.02. The van der Waals surface area contributed by atoms with E-state index < -0.39 is 23.7 Å². The molecule has 108 valence electrons. The number of rotatable bonds is 5. The molecule has 1 saturated carbocycles. The van der Waals surface area contributed by atoms with E-state index in [0.29, 0.717) is 12.3 Å². The highest BCUT2D eigenvalue weighted by Gasteiger charge is 2.30. The highest BCUT2D eigenvalue weighted by Crippen LogP contribution is 2.33. The molecule has 2 rings (SSSR count). The van der Waals surface area contributed by atoms with Crippen LogP contribution in [0.1, 0.15) is 29.6 Å². The zero-order valence-corrected chi connectivity index (χ0v) is 11.8. The molecule has 1 atom stereocenters. The second-order valence-electron chi connectivity index (χ2n) is 4.79. The molecule has 4 nitrogen and oxygen atoms in total. The number of hydrogen-bond acceptors (Lipinski definition) is 2. The van der Waals surface area contributed by atoms with Crippen molar-refractivity contribution in [2.75, 3.05) is 0 Å².